The van der Waals surface area contributed by atoms with Crippen LogP contribution in [0, 0.1) is 0 Å². The lowest BCUT2D eigenvalue weighted by molar-refractivity contribution is -0.0586. The Balaban J connectivity index is 2.14. The molecule has 1 amide bonds. The summed E-state index contributed by atoms with van der Waals surface area (Å²) >= 11 is 0. The molecule has 0 saturated carbocycles. The highest BCUT2D eigenvalue weighted by Crippen LogP contribution is 2.15. The number of amides is 1. The zero-order valence-electron chi connectivity index (χ0n) is 10.2. The van der Waals surface area contributed by atoms with Gasteiger partial charge in [-0.15, -0.1) is 0 Å². The zero-order chi connectivity index (χ0) is 12.4. The van der Waals surface area contributed by atoms with Gasteiger partial charge in [0.15, 0.2) is 0 Å². The number of nitrogen functional groups attached to an aromatic ring is 1. The van der Waals surface area contributed by atoms with E-state index >= 15 is 0 Å². The first kappa shape index (κ1) is 11.9. The van der Waals surface area contributed by atoms with E-state index < -0.39 is 0 Å². The molecule has 4 heteroatoms. The second kappa shape index (κ2) is 4.75. The van der Waals surface area contributed by atoms with E-state index in [1.54, 1.807) is 24.3 Å². The van der Waals surface area contributed by atoms with Crippen molar-refractivity contribution in [3.8, 4) is 0 Å². The topological polar surface area (TPSA) is 55.6 Å². The van der Waals surface area contributed by atoms with Crippen molar-refractivity contribution < 1.29 is 9.53 Å². The van der Waals surface area contributed by atoms with E-state index in [9.17, 15) is 4.79 Å². The van der Waals surface area contributed by atoms with E-state index in [1.807, 2.05) is 18.7 Å². The van der Waals surface area contributed by atoms with Gasteiger partial charge in [0.25, 0.3) is 5.91 Å². The fourth-order valence-corrected chi connectivity index (χ4v) is 2.20. The van der Waals surface area contributed by atoms with Crippen molar-refractivity contribution in [3.63, 3.8) is 0 Å². The molecule has 2 rings (SSSR count). The predicted molar refractivity (Wildman–Crippen MR) is 66.8 cm³/mol. The second-order valence-electron chi connectivity index (χ2n) is 4.59. The smallest absolute Gasteiger partial charge is 0.254 e. The summed E-state index contributed by atoms with van der Waals surface area (Å²) < 4.78 is 5.61. The van der Waals surface area contributed by atoms with Crippen molar-refractivity contribution in [1.82, 2.24) is 4.90 Å². The number of hydrogen-bond donors (Lipinski definition) is 1. The average molecular weight is 234 g/mol. The fourth-order valence-electron chi connectivity index (χ4n) is 2.20. The number of carbonyl (C=O) groups is 1. The highest BCUT2D eigenvalue weighted by atomic mass is 16.5. The summed E-state index contributed by atoms with van der Waals surface area (Å²) in [7, 11) is 0. The Bertz CT molecular complexity index is 410. The van der Waals surface area contributed by atoms with E-state index in [0.29, 0.717) is 24.3 Å². The molecular formula is C13H18N2O2. The number of benzene rings is 1. The quantitative estimate of drug-likeness (QED) is 0.749. The lowest BCUT2D eigenvalue weighted by Gasteiger charge is -2.35. The van der Waals surface area contributed by atoms with Crippen LogP contribution in [-0.2, 0) is 4.74 Å². The van der Waals surface area contributed by atoms with Crippen LogP contribution in [0.15, 0.2) is 24.3 Å². The highest BCUT2D eigenvalue weighted by molar-refractivity contribution is 5.95. The van der Waals surface area contributed by atoms with Crippen LogP contribution >= 0.6 is 0 Å². The summed E-state index contributed by atoms with van der Waals surface area (Å²) in [6.07, 6.45) is 0.174. The number of morpholine rings is 1. The molecule has 1 fully saturated rings. The van der Waals surface area contributed by atoms with Crippen molar-refractivity contribution in [2.75, 3.05) is 18.8 Å². The first-order valence-corrected chi connectivity index (χ1v) is 5.86. The standard InChI is InChI=1S/C13H18N2O2/c1-9-7-15(8-10(2)17-9)13(16)11-4-3-5-12(14)6-11/h3-6,9-10H,7-8,14H2,1-2H3. The molecule has 0 bridgehead atoms. The van der Waals surface area contributed by atoms with Crippen LogP contribution in [0.2, 0.25) is 0 Å². The van der Waals surface area contributed by atoms with Crippen molar-refractivity contribution >= 4 is 11.6 Å². The first-order valence-electron chi connectivity index (χ1n) is 5.86. The lowest BCUT2D eigenvalue weighted by atomic mass is 10.1. The van der Waals surface area contributed by atoms with Gasteiger partial charge < -0.3 is 15.4 Å². The van der Waals surface area contributed by atoms with Gasteiger partial charge in [0, 0.05) is 24.3 Å². The number of hydrogen-bond acceptors (Lipinski definition) is 3. The van der Waals surface area contributed by atoms with E-state index in [0.717, 1.165) is 0 Å². The van der Waals surface area contributed by atoms with Crippen LogP contribution < -0.4 is 5.73 Å². The molecule has 1 aromatic carbocycles. The summed E-state index contributed by atoms with van der Waals surface area (Å²) in [5.41, 5.74) is 6.95. The van der Waals surface area contributed by atoms with Crippen molar-refractivity contribution in [2.24, 2.45) is 0 Å². The number of anilines is 1. The van der Waals surface area contributed by atoms with Crippen molar-refractivity contribution in [2.45, 2.75) is 26.1 Å². The number of rotatable bonds is 1. The molecule has 1 aromatic rings. The van der Waals surface area contributed by atoms with Crippen LogP contribution in [0.4, 0.5) is 5.69 Å². The van der Waals surface area contributed by atoms with Gasteiger partial charge in [-0.1, -0.05) is 6.07 Å². The minimum atomic E-state index is 0.0271. The number of ether oxygens (including phenoxy) is 1. The van der Waals surface area contributed by atoms with Crippen LogP contribution in [0.3, 0.4) is 0 Å². The predicted octanol–water partition coefficient (Wildman–Crippen LogP) is 1.52. The Labute approximate surface area is 101 Å². The van der Waals surface area contributed by atoms with E-state index in [2.05, 4.69) is 0 Å². The monoisotopic (exact) mass is 234 g/mol. The molecule has 1 aliphatic heterocycles. The highest BCUT2D eigenvalue weighted by Gasteiger charge is 2.26. The minimum absolute atomic E-state index is 0.0271. The Morgan fingerprint density at radius 2 is 2.00 bits per heavy atom. The molecule has 17 heavy (non-hydrogen) atoms. The van der Waals surface area contributed by atoms with Gasteiger partial charge in [0.05, 0.1) is 12.2 Å². The fraction of sp³-hybridized carbons (Fsp3) is 0.462. The van der Waals surface area contributed by atoms with Gasteiger partial charge in [-0.05, 0) is 32.0 Å². The van der Waals surface area contributed by atoms with Crippen LogP contribution in [-0.4, -0.2) is 36.1 Å². The molecule has 2 atom stereocenters. The molecule has 0 spiro atoms. The minimum Gasteiger partial charge on any atom is -0.399 e. The molecule has 0 aliphatic carbocycles. The van der Waals surface area contributed by atoms with Crippen LogP contribution in [0.25, 0.3) is 0 Å². The maximum Gasteiger partial charge on any atom is 0.254 e. The first-order chi connectivity index (χ1) is 8.06. The lowest BCUT2D eigenvalue weighted by Crippen LogP contribution is -2.48. The van der Waals surface area contributed by atoms with Gasteiger partial charge in [-0.2, -0.15) is 0 Å². The van der Waals surface area contributed by atoms with Crippen molar-refractivity contribution in [1.29, 1.82) is 0 Å². The Morgan fingerprint density at radius 1 is 1.35 bits per heavy atom. The molecule has 4 nitrogen and oxygen atoms in total. The van der Waals surface area contributed by atoms with Gasteiger partial charge in [-0.3, -0.25) is 4.79 Å². The molecule has 0 aromatic heterocycles. The number of nitrogens with zero attached hydrogens (tertiary/aromatic N) is 1. The van der Waals surface area contributed by atoms with Gasteiger partial charge >= 0.3 is 0 Å². The third-order valence-corrected chi connectivity index (χ3v) is 2.84. The summed E-state index contributed by atoms with van der Waals surface area (Å²) in [5, 5.41) is 0. The summed E-state index contributed by atoms with van der Waals surface area (Å²) in [5.74, 6) is 0.0271. The maximum atomic E-state index is 12.3. The molecule has 1 heterocycles. The molecule has 1 saturated heterocycles. The third-order valence-electron chi connectivity index (χ3n) is 2.84. The SMILES string of the molecule is CC1CN(C(=O)c2cccc(N)c2)CC(C)O1. The van der Waals surface area contributed by atoms with E-state index in [-0.39, 0.29) is 18.1 Å². The zero-order valence-corrected chi connectivity index (χ0v) is 10.2. The molecule has 92 valence electrons. The molecule has 1 aliphatic rings. The maximum absolute atomic E-state index is 12.3. The average Bonchev–Trinajstić information content (AvgIpc) is 2.26. The van der Waals surface area contributed by atoms with E-state index in [4.69, 9.17) is 10.5 Å². The summed E-state index contributed by atoms with van der Waals surface area (Å²) in [4.78, 5) is 14.1. The van der Waals surface area contributed by atoms with Crippen molar-refractivity contribution in [3.05, 3.63) is 29.8 Å². The van der Waals surface area contributed by atoms with Crippen LogP contribution in [0.1, 0.15) is 24.2 Å². The Kier molecular flexibility index (Phi) is 3.33. The Hall–Kier alpha value is -1.55. The number of nitrogens with two attached hydrogens (primary N) is 1. The summed E-state index contributed by atoms with van der Waals surface area (Å²) in [6.45, 7) is 5.24. The Morgan fingerprint density at radius 3 is 2.59 bits per heavy atom. The van der Waals surface area contributed by atoms with Gasteiger partial charge in [-0.25, -0.2) is 0 Å². The molecular weight excluding hydrogens is 216 g/mol. The normalized spacial score (nSPS) is 24.7. The second-order valence-corrected chi connectivity index (χ2v) is 4.59. The largest absolute Gasteiger partial charge is 0.399 e. The summed E-state index contributed by atoms with van der Waals surface area (Å²) in [6, 6.07) is 7.09. The molecule has 2 N–H and O–H groups in total. The molecule has 2 unspecified atom stereocenters. The van der Waals surface area contributed by atoms with Gasteiger partial charge in [0.2, 0.25) is 0 Å². The van der Waals surface area contributed by atoms with E-state index in [1.165, 1.54) is 0 Å². The van der Waals surface area contributed by atoms with Crippen LogP contribution in [0.5, 0.6) is 0 Å². The molecule has 0 radical (unpaired) electrons. The third kappa shape index (κ3) is 2.77. The van der Waals surface area contributed by atoms with Gasteiger partial charge in [0.1, 0.15) is 0 Å². The number of carbonyl (C=O) groups excluding carboxylic acids is 1.